The minimum Gasteiger partial charge on any atom is -0.477 e. The van der Waals surface area contributed by atoms with Gasteiger partial charge in [0.2, 0.25) is 0 Å². The molecule has 0 saturated heterocycles. The van der Waals surface area contributed by atoms with Crippen molar-refractivity contribution >= 4 is 33.1 Å². The second kappa shape index (κ2) is 5.49. The van der Waals surface area contributed by atoms with Crippen molar-refractivity contribution in [3.63, 3.8) is 0 Å². The summed E-state index contributed by atoms with van der Waals surface area (Å²) in [5, 5.41) is 15.6. The summed E-state index contributed by atoms with van der Waals surface area (Å²) in [4.78, 5) is 11.3. The molecule has 2 rings (SSSR count). The molecule has 0 amide bonds. The lowest BCUT2D eigenvalue weighted by Crippen LogP contribution is -2.13. The molecule has 21 heavy (non-hydrogen) atoms. The molecule has 0 aliphatic carbocycles. The summed E-state index contributed by atoms with van der Waals surface area (Å²) in [5.41, 5.74) is 0.806. The van der Waals surface area contributed by atoms with Gasteiger partial charge in [0.1, 0.15) is 9.77 Å². The molecule has 0 atom stereocenters. The Morgan fingerprint density at radius 2 is 2.10 bits per heavy atom. The first-order valence-electron chi connectivity index (χ1n) is 6.12. The molecule has 0 aliphatic rings. The molecule has 2 heterocycles. The third-order valence-electron chi connectivity index (χ3n) is 2.83. The quantitative estimate of drug-likeness (QED) is 0.779. The molecule has 0 radical (unpaired) electrons. The van der Waals surface area contributed by atoms with Gasteiger partial charge in [0.05, 0.1) is 0 Å². The van der Waals surface area contributed by atoms with Crippen LogP contribution in [-0.4, -0.2) is 29.7 Å². The van der Waals surface area contributed by atoms with Crippen molar-refractivity contribution in [3.8, 4) is 0 Å². The van der Waals surface area contributed by atoms with Crippen LogP contribution in [0.2, 0.25) is 0 Å². The molecule has 9 heteroatoms. The number of hydrogen-bond donors (Lipinski definition) is 3. The summed E-state index contributed by atoms with van der Waals surface area (Å²) in [7, 11) is -3.85. The van der Waals surface area contributed by atoms with Crippen LogP contribution >= 0.6 is 11.3 Å². The van der Waals surface area contributed by atoms with Crippen molar-refractivity contribution in [1.82, 2.24) is 10.2 Å². The number of carboxylic acids is 1. The number of nitrogens with one attached hydrogen (secondary N) is 2. The van der Waals surface area contributed by atoms with Crippen LogP contribution in [0.25, 0.3) is 0 Å². The first-order chi connectivity index (χ1) is 9.70. The zero-order chi connectivity index (χ0) is 15.8. The molecule has 0 unspecified atom stereocenters. The number of aryl methyl sites for hydroxylation is 1. The Kier molecular flexibility index (Phi) is 4.06. The summed E-state index contributed by atoms with van der Waals surface area (Å²) in [6.07, 6.45) is 0. The Morgan fingerprint density at radius 3 is 2.57 bits per heavy atom. The van der Waals surface area contributed by atoms with Gasteiger partial charge in [-0.25, -0.2) is 13.2 Å². The molecule has 0 bridgehead atoms. The van der Waals surface area contributed by atoms with E-state index in [0.29, 0.717) is 4.88 Å². The number of aromatic nitrogens is 2. The lowest BCUT2D eigenvalue weighted by Gasteiger charge is -2.04. The van der Waals surface area contributed by atoms with Crippen molar-refractivity contribution in [2.75, 3.05) is 4.72 Å². The third kappa shape index (κ3) is 3.24. The Balaban J connectivity index is 2.31. The fourth-order valence-electron chi connectivity index (χ4n) is 1.71. The van der Waals surface area contributed by atoms with Crippen LogP contribution in [0.4, 0.5) is 5.82 Å². The molecule has 7 nitrogen and oxygen atoms in total. The molecule has 0 aromatic carbocycles. The molecule has 0 aliphatic heterocycles. The fraction of sp³-hybridized carbons (Fsp3) is 0.333. The molecule has 114 valence electrons. The highest BCUT2D eigenvalue weighted by Gasteiger charge is 2.23. The number of thiophene rings is 1. The molecule has 2 aromatic heterocycles. The van der Waals surface area contributed by atoms with Gasteiger partial charge in [-0.1, -0.05) is 13.8 Å². The zero-order valence-electron chi connectivity index (χ0n) is 11.7. The zero-order valence-corrected chi connectivity index (χ0v) is 13.3. The Hall–Kier alpha value is -1.87. The number of aromatic carboxylic acids is 1. The van der Waals surface area contributed by atoms with Crippen LogP contribution in [0.1, 0.15) is 40.0 Å². The highest BCUT2D eigenvalue weighted by molar-refractivity contribution is 7.93. The minimum atomic E-state index is -3.85. The summed E-state index contributed by atoms with van der Waals surface area (Å²) >= 11 is 0.923. The van der Waals surface area contributed by atoms with E-state index in [1.54, 1.807) is 13.0 Å². The lowest BCUT2D eigenvalue weighted by molar-refractivity contribution is 0.0702. The number of rotatable bonds is 5. The van der Waals surface area contributed by atoms with E-state index in [-0.39, 0.29) is 21.5 Å². The maximum absolute atomic E-state index is 12.3. The largest absolute Gasteiger partial charge is 0.477 e. The van der Waals surface area contributed by atoms with Crippen LogP contribution in [0.15, 0.2) is 17.0 Å². The van der Waals surface area contributed by atoms with Gasteiger partial charge >= 0.3 is 5.97 Å². The van der Waals surface area contributed by atoms with Crippen molar-refractivity contribution in [1.29, 1.82) is 0 Å². The summed E-state index contributed by atoms with van der Waals surface area (Å²) in [6.45, 7) is 5.47. The van der Waals surface area contributed by atoms with Gasteiger partial charge in [-0.15, -0.1) is 11.3 Å². The van der Waals surface area contributed by atoms with Gasteiger partial charge < -0.3 is 5.11 Å². The van der Waals surface area contributed by atoms with Gasteiger partial charge in [-0.2, -0.15) is 5.10 Å². The van der Waals surface area contributed by atoms with E-state index in [4.69, 9.17) is 5.11 Å². The van der Waals surface area contributed by atoms with Crippen LogP contribution < -0.4 is 4.72 Å². The number of aromatic amines is 1. The highest BCUT2D eigenvalue weighted by Crippen LogP contribution is 2.27. The smallest absolute Gasteiger partial charge is 0.345 e. The maximum Gasteiger partial charge on any atom is 0.345 e. The van der Waals surface area contributed by atoms with Crippen LogP contribution in [0.3, 0.4) is 0 Å². The normalized spacial score (nSPS) is 11.8. The van der Waals surface area contributed by atoms with E-state index in [1.165, 1.54) is 0 Å². The summed E-state index contributed by atoms with van der Waals surface area (Å²) in [5.74, 6) is -0.773. The number of anilines is 1. The Morgan fingerprint density at radius 1 is 1.43 bits per heavy atom. The van der Waals surface area contributed by atoms with Gasteiger partial charge in [-0.3, -0.25) is 9.82 Å². The molecule has 0 fully saturated rings. The highest BCUT2D eigenvalue weighted by atomic mass is 32.2. The SMILES string of the molecule is Cc1sc(C(=O)O)cc1S(=O)(=O)Nc1cc(C(C)C)[nH]n1. The second-order valence-corrected chi connectivity index (χ2v) is 7.71. The van der Waals surface area contributed by atoms with Gasteiger partial charge in [0.25, 0.3) is 10.0 Å². The number of carboxylic acid groups (broad SMARTS) is 1. The van der Waals surface area contributed by atoms with E-state index in [9.17, 15) is 13.2 Å². The predicted molar refractivity (Wildman–Crippen MR) is 79.5 cm³/mol. The standard InChI is InChI=1S/C12H15N3O4S2/c1-6(2)8-4-11(14-13-8)15-21(18,19)10-5-9(12(16)17)20-7(10)3/h4-6H,1-3H3,(H,16,17)(H2,13,14,15). The van der Waals surface area contributed by atoms with E-state index in [1.807, 2.05) is 13.8 Å². The summed E-state index contributed by atoms with van der Waals surface area (Å²) in [6, 6.07) is 2.77. The summed E-state index contributed by atoms with van der Waals surface area (Å²) < 4.78 is 26.9. The van der Waals surface area contributed by atoms with Crippen molar-refractivity contribution < 1.29 is 18.3 Å². The predicted octanol–water partition coefficient (Wildman–Crippen LogP) is 2.40. The first-order valence-corrected chi connectivity index (χ1v) is 8.42. The van der Waals surface area contributed by atoms with Crippen molar-refractivity contribution in [3.05, 3.63) is 27.6 Å². The van der Waals surface area contributed by atoms with Crippen LogP contribution in [-0.2, 0) is 10.0 Å². The topological polar surface area (TPSA) is 112 Å². The molecule has 3 N–H and O–H groups in total. The van der Waals surface area contributed by atoms with Gasteiger partial charge in [-0.05, 0) is 18.9 Å². The van der Waals surface area contributed by atoms with Crippen LogP contribution in [0, 0.1) is 6.92 Å². The van der Waals surface area contributed by atoms with Crippen LogP contribution in [0.5, 0.6) is 0 Å². The van der Waals surface area contributed by atoms with Gasteiger partial charge in [0.15, 0.2) is 5.82 Å². The fourth-order valence-corrected chi connectivity index (χ4v) is 4.14. The van der Waals surface area contributed by atoms with E-state index < -0.39 is 16.0 Å². The first kappa shape index (κ1) is 15.5. The number of H-pyrrole nitrogens is 1. The Labute approximate surface area is 126 Å². The van der Waals surface area contributed by atoms with Crippen molar-refractivity contribution in [2.45, 2.75) is 31.6 Å². The Bertz CT molecular complexity index is 774. The monoisotopic (exact) mass is 329 g/mol. The molecule has 0 saturated carbocycles. The molecular formula is C12H15N3O4S2. The third-order valence-corrected chi connectivity index (χ3v) is 5.48. The molecular weight excluding hydrogens is 314 g/mol. The van der Waals surface area contributed by atoms with E-state index in [0.717, 1.165) is 23.1 Å². The number of sulfonamides is 1. The van der Waals surface area contributed by atoms with E-state index in [2.05, 4.69) is 14.9 Å². The minimum absolute atomic E-state index is 0.0160. The second-order valence-electron chi connectivity index (χ2n) is 4.80. The number of hydrogen-bond acceptors (Lipinski definition) is 5. The lowest BCUT2D eigenvalue weighted by atomic mass is 10.1. The number of nitrogens with zero attached hydrogens (tertiary/aromatic N) is 1. The van der Waals surface area contributed by atoms with Crippen molar-refractivity contribution in [2.24, 2.45) is 0 Å². The van der Waals surface area contributed by atoms with E-state index >= 15 is 0 Å². The molecule has 2 aromatic rings. The van der Waals surface area contributed by atoms with Gasteiger partial charge in [0, 0.05) is 16.6 Å². The molecule has 0 spiro atoms. The maximum atomic E-state index is 12.3. The average molecular weight is 329 g/mol. The average Bonchev–Trinajstić information content (AvgIpc) is 2.95. The number of carbonyl (C=O) groups is 1.